The monoisotopic (exact) mass is 310 g/mol. The number of hydrogen-bond acceptors (Lipinski definition) is 3. The van der Waals surface area contributed by atoms with Crippen LogP contribution in [0.3, 0.4) is 0 Å². The predicted molar refractivity (Wildman–Crippen MR) is 72.9 cm³/mol. The van der Waals surface area contributed by atoms with E-state index in [0.717, 1.165) is 35.2 Å². The van der Waals surface area contributed by atoms with Crippen LogP contribution in [0.4, 0.5) is 10.5 Å². The smallest absolute Gasteiger partial charge is 0.415 e. The molecule has 1 aromatic rings. The molecule has 1 N–H and O–H groups in total. The number of halogens is 1. The van der Waals surface area contributed by atoms with E-state index in [1.807, 2.05) is 25.1 Å². The van der Waals surface area contributed by atoms with Gasteiger partial charge in [-0.3, -0.25) is 4.90 Å². The summed E-state index contributed by atoms with van der Waals surface area (Å²) in [6.07, 6.45) is 0.684. The van der Waals surface area contributed by atoms with Gasteiger partial charge in [0.15, 0.2) is 0 Å². The maximum atomic E-state index is 12.0. The summed E-state index contributed by atoms with van der Waals surface area (Å²) in [7, 11) is 0. The Morgan fingerprint density at radius 2 is 2.33 bits per heavy atom. The number of nitrogens with one attached hydrogen (secondary N) is 1. The Morgan fingerprint density at radius 1 is 1.50 bits per heavy atom. The van der Waals surface area contributed by atoms with Crippen molar-refractivity contribution in [3.63, 3.8) is 0 Å². The third-order valence-corrected chi connectivity index (χ3v) is 4.46. The molecule has 0 aromatic heterocycles. The topological polar surface area (TPSA) is 41.6 Å². The quantitative estimate of drug-likeness (QED) is 0.866. The molecule has 2 heterocycles. The standard InChI is InChI=1S/C13H15BrN2O2/c1-8-2-3-9(6-10(8)14)16-11-7-15-5-4-12(11)18-13(16)17/h2-3,6,11-12,15H,4-5,7H2,1H3. The zero-order valence-corrected chi connectivity index (χ0v) is 11.7. The van der Waals surface area contributed by atoms with Gasteiger partial charge in [-0.25, -0.2) is 4.79 Å². The van der Waals surface area contributed by atoms with Gasteiger partial charge < -0.3 is 10.1 Å². The van der Waals surface area contributed by atoms with Crippen molar-refractivity contribution < 1.29 is 9.53 Å². The Morgan fingerprint density at radius 3 is 3.11 bits per heavy atom. The number of aryl methyl sites for hydroxylation is 1. The molecule has 18 heavy (non-hydrogen) atoms. The molecule has 2 fully saturated rings. The highest BCUT2D eigenvalue weighted by atomic mass is 79.9. The molecule has 96 valence electrons. The van der Waals surface area contributed by atoms with E-state index in [1.165, 1.54) is 0 Å². The lowest BCUT2D eigenvalue weighted by atomic mass is 10.0. The number of hydrogen-bond donors (Lipinski definition) is 1. The molecule has 3 rings (SSSR count). The van der Waals surface area contributed by atoms with E-state index in [2.05, 4.69) is 21.2 Å². The maximum absolute atomic E-state index is 12.0. The predicted octanol–water partition coefficient (Wildman–Crippen LogP) is 2.44. The molecule has 2 atom stereocenters. The lowest BCUT2D eigenvalue weighted by molar-refractivity contribution is 0.117. The minimum Gasteiger partial charge on any atom is -0.444 e. The van der Waals surface area contributed by atoms with Crippen molar-refractivity contribution >= 4 is 27.7 Å². The van der Waals surface area contributed by atoms with Crippen molar-refractivity contribution in [3.05, 3.63) is 28.2 Å². The minimum absolute atomic E-state index is 0.0267. The summed E-state index contributed by atoms with van der Waals surface area (Å²) >= 11 is 3.51. The fraction of sp³-hybridized carbons (Fsp3) is 0.462. The second-order valence-electron chi connectivity index (χ2n) is 4.79. The van der Waals surface area contributed by atoms with Crippen LogP contribution in [0.2, 0.25) is 0 Å². The van der Waals surface area contributed by atoms with Crippen molar-refractivity contribution in [1.82, 2.24) is 5.32 Å². The summed E-state index contributed by atoms with van der Waals surface area (Å²) in [4.78, 5) is 13.8. The number of carbonyl (C=O) groups excluding carboxylic acids is 1. The second-order valence-corrected chi connectivity index (χ2v) is 5.64. The van der Waals surface area contributed by atoms with Gasteiger partial charge >= 0.3 is 6.09 Å². The Bertz CT molecular complexity index is 492. The first kappa shape index (κ1) is 12.0. The van der Waals surface area contributed by atoms with Gasteiger partial charge in [0, 0.05) is 16.7 Å². The molecule has 0 spiro atoms. The minimum atomic E-state index is -0.232. The van der Waals surface area contributed by atoms with Crippen LogP contribution in [-0.4, -0.2) is 31.3 Å². The highest BCUT2D eigenvalue weighted by Crippen LogP contribution is 2.32. The number of ether oxygens (including phenoxy) is 1. The normalized spacial score (nSPS) is 27.0. The van der Waals surface area contributed by atoms with E-state index >= 15 is 0 Å². The first-order chi connectivity index (χ1) is 8.66. The first-order valence-electron chi connectivity index (χ1n) is 6.13. The molecule has 2 aliphatic rings. The number of anilines is 1. The van der Waals surface area contributed by atoms with Crippen molar-refractivity contribution in [2.75, 3.05) is 18.0 Å². The Labute approximate surface area is 114 Å². The van der Waals surface area contributed by atoms with Crippen LogP contribution in [-0.2, 0) is 4.74 Å². The summed E-state index contributed by atoms with van der Waals surface area (Å²) in [5, 5.41) is 3.32. The molecule has 0 bridgehead atoms. The highest BCUT2D eigenvalue weighted by Gasteiger charge is 2.43. The van der Waals surface area contributed by atoms with Crippen molar-refractivity contribution in [3.8, 4) is 0 Å². The van der Waals surface area contributed by atoms with Crippen LogP contribution in [0.1, 0.15) is 12.0 Å². The molecule has 1 amide bonds. The number of nitrogens with zero attached hydrogens (tertiary/aromatic N) is 1. The van der Waals surface area contributed by atoms with Crippen molar-refractivity contribution in [2.24, 2.45) is 0 Å². The SMILES string of the molecule is Cc1ccc(N2C(=O)OC3CCNCC32)cc1Br. The summed E-state index contributed by atoms with van der Waals surface area (Å²) in [6.45, 7) is 3.74. The maximum Gasteiger partial charge on any atom is 0.415 e. The molecule has 5 heteroatoms. The fourth-order valence-corrected chi connectivity index (χ4v) is 2.93. The average molecular weight is 311 g/mol. The molecule has 2 aliphatic heterocycles. The third-order valence-electron chi connectivity index (χ3n) is 3.60. The van der Waals surface area contributed by atoms with Crippen LogP contribution in [0, 0.1) is 6.92 Å². The first-order valence-corrected chi connectivity index (χ1v) is 6.93. The number of amides is 1. The van der Waals surface area contributed by atoms with Gasteiger partial charge in [0.1, 0.15) is 6.10 Å². The lowest BCUT2D eigenvalue weighted by Gasteiger charge is -2.28. The lowest BCUT2D eigenvalue weighted by Crippen LogP contribution is -2.49. The molecular weight excluding hydrogens is 296 g/mol. The van der Waals surface area contributed by atoms with Gasteiger partial charge in [0.05, 0.1) is 6.04 Å². The van der Waals surface area contributed by atoms with Crippen LogP contribution < -0.4 is 10.2 Å². The van der Waals surface area contributed by atoms with Gasteiger partial charge in [0.25, 0.3) is 0 Å². The van der Waals surface area contributed by atoms with E-state index in [0.29, 0.717) is 0 Å². The molecule has 2 unspecified atom stereocenters. The van der Waals surface area contributed by atoms with E-state index in [-0.39, 0.29) is 18.2 Å². The number of fused-ring (bicyclic) bond motifs is 1. The molecule has 4 nitrogen and oxygen atoms in total. The molecular formula is C13H15BrN2O2. The second kappa shape index (κ2) is 4.55. The van der Waals surface area contributed by atoms with Gasteiger partial charge in [0.2, 0.25) is 0 Å². The van der Waals surface area contributed by atoms with Gasteiger partial charge in [-0.05, 0) is 37.6 Å². The number of carbonyl (C=O) groups is 1. The Hall–Kier alpha value is -1.07. The average Bonchev–Trinajstić information content (AvgIpc) is 2.69. The van der Waals surface area contributed by atoms with Crippen molar-refractivity contribution in [2.45, 2.75) is 25.5 Å². The van der Waals surface area contributed by atoms with Crippen LogP contribution >= 0.6 is 15.9 Å². The Kier molecular flexibility index (Phi) is 3.03. The summed E-state index contributed by atoms with van der Waals surface area (Å²) in [5.74, 6) is 0. The number of rotatable bonds is 1. The largest absolute Gasteiger partial charge is 0.444 e. The van der Waals surface area contributed by atoms with Crippen LogP contribution in [0.25, 0.3) is 0 Å². The molecule has 1 aromatic carbocycles. The van der Waals surface area contributed by atoms with E-state index in [9.17, 15) is 4.79 Å². The number of piperidine rings is 1. The Balaban J connectivity index is 1.94. The zero-order chi connectivity index (χ0) is 12.7. The fourth-order valence-electron chi connectivity index (χ4n) is 2.56. The highest BCUT2D eigenvalue weighted by molar-refractivity contribution is 9.10. The van der Waals surface area contributed by atoms with Gasteiger partial charge in [-0.2, -0.15) is 0 Å². The van der Waals surface area contributed by atoms with Gasteiger partial charge in [-0.15, -0.1) is 0 Å². The molecule has 0 saturated carbocycles. The third kappa shape index (κ3) is 1.91. The zero-order valence-electron chi connectivity index (χ0n) is 10.1. The van der Waals surface area contributed by atoms with Crippen molar-refractivity contribution in [1.29, 1.82) is 0 Å². The molecule has 0 aliphatic carbocycles. The summed E-state index contributed by atoms with van der Waals surface area (Å²) < 4.78 is 6.45. The van der Waals surface area contributed by atoms with Crippen LogP contribution in [0.5, 0.6) is 0 Å². The molecule has 2 saturated heterocycles. The van der Waals surface area contributed by atoms with E-state index < -0.39 is 0 Å². The van der Waals surface area contributed by atoms with E-state index in [1.54, 1.807) is 4.90 Å². The van der Waals surface area contributed by atoms with Gasteiger partial charge in [-0.1, -0.05) is 22.0 Å². The summed E-state index contributed by atoms with van der Waals surface area (Å²) in [6, 6.07) is 6.07. The van der Waals surface area contributed by atoms with Crippen LogP contribution in [0.15, 0.2) is 22.7 Å². The van der Waals surface area contributed by atoms with E-state index in [4.69, 9.17) is 4.74 Å². The summed E-state index contributed by atoms with van der Waals surface area (Å²) in [5.41, 5.74) is 2.05. The number of benzene rings is 1. The molecule has 0 radical (unpaired) electrons.